The molecular weight excluding hydrogens is 415 g/mol. The fourth-order valence-corrected chi connectivity index (χ4v) is 5.32. The largest absolute Gasteiger partial charge is 0.326 e. The summed E-state index contributed by atoms with van der Waals surface area (Å²) in [6.07, 6.45) is 1.68. The standard InChI is InChI=1S/C21H24ClFN2O3S/c1-3-15-4-7-17(8-5-15)24-20(26)21(2)10-12-25(13-11-21)29(27,28)19-9-6-16(23)14-18(19)22/h4-9,14H,3,10-13H2,1-2H3,(H,24,26). The van der Waals surface area contributed by atoms with Crippen LogP contribution >= 0.6 is 11.6 Å². The summed E-state index contributed by atoms with van der Waals surface area (Å²) in [4.78, 5) is 12.7. The van der Waals surface area contributed by atoms with Gasteiger partial charge in [0, 0.05) is 24.2 Å². The first-order valence-electron chi connectivity index (χ1n) is 9.51. The van der Waals surface area contributed by atoms with Gasteiger partial charge in [-0.2, -0.15) is 4.31 Å². The van der Waals surface area contributed by atoms with Crippen LogP contribution in [0, 0.1) is 11.2 Å². The van der Waals surface area contributed by atoms with E-state index in [4.69, 9.17) is 11.6 Å². The number of amides is 1. The van der Waals surface area contributed by atoms with Crippen LogP contribution in [0.2, 0.25) is 5.02 Å². The van der Waals surface area contributed by atoms with Gasteiger partial charge in [0.15, 0.2) is 0 Å². The lowest BCUT2D eigenvalue weighted by molar-refractivity contribution is -0.126. The number of anilines is 1. The Bertz CT molecular complexity index is 1000. The van der Waals surface area contributed by atoms with Crippen LogP contribution in [0.25, 0.3) is 0 Å². The number of carbonyl (C=O) groups is 1. The number of carbonyl (C=O) groups excluding carboxylic acids is 1. The predicted octanol–water partition coefficient (Wildman–Crippen LogP) is 4.47. The molecule has 1 amide bonds. The van der Waals surface area contributed by atoms with Gasteiger partial charge in [-0.1, -0.05) is 37.6 Å². The molecule has 8 heteroatoms. The molecule has 0 aromatic heterocycles. The van der Waals surface area contributed by atoms with E-state index in [1.807, 2.05) is 31.2 Å². The number of benzene rings is 2. The molecule has 1 fully saturated rings. The van der Waals surface area contributed by atoms with Gasteiger partial charge in [-0.15, -0.1) is 0 Å². The topological polar surface area (TPSA) is 66.5 Å². The Morgan fingerprint density at radius 1 is 1.17 bits per heavy atom. The number of nitrogens with one attached hydrogen (secondary N) is 1. The zero-order chi connectivity index (χ0) is 21.2. The van der Waals surface area contributed by atoms with Gasteiger partial charge < -0.3 is 5.32 Å². The first kappa shape index (κ1) is 21.7. The van der Waals surface area contributed by atoms with Crippen molar-refractivity contribution in [3.8, 4) is 0 Å². The number of sulfonamides is 1. The van der Waals surface area contributed by atoms with Crippen molar-refractivity contribution in [1.82, 2.24) is 4.31 Å². The van der Waals surface area contributed by atoms with Gasteiger partial charge in [-0.25, -0.2) is 12.8 Å². The van der Waals surface area contributed by atoms with E-state index in [0.29, 0.717) is 12.8 Å². The Kier molecular flexibility index (Phi) is 6.31. The Morgan fingerprint density at radius 2 is 1.79 bits per heavy atom. The van der Waals surface area contributed by atoms with Gasteiger partial charge in [0.1, 0.15) is 10.7 Å². The van der Waals surface area contributed by atoms with Gasteiger partial charge in [0.2, 0.25) is 15.9 Å². The molecule has 0 unspecified atom stereocenters. The zero-order valence-electron chi connectivity index (χ0n) is 16.4. The lowest BCUT2D eigenvalue weighted by atomic mass is 9.80. The molecule has 0 saturated carbocycles. The minimum atomic E-state index is -3.85. The van der Waals surface area contributed by atoms with E-state index in [2.05, 4.69) is 12.2 Å². The van der Waals surface area contributed by atoms with Crippen molar-refractivity contribution in [3.63, 3.8) is 0 Å². The zero-order valence-corrected chi connectivity index (χ0v) is 18.0. The second-order valence-electron chi connectivity index (χ2n) is 7.54. The lowest BCUT2D eigenvalue weighted by Crippen LogP contribution is -2.46. The highest BCUT2D eigenvalue weighted by Crippen LogP contribution is 2.35. The number of nitrogens with zero attached hydrogens (tertiary/aromatic N) is 1. The number of hydrogen-bond donors (Lipinski definition) is 1. The minimum absolute atomic E-state index is 0.121. The monoisotopic (exact) mass is 438 g/mol. The van der Waals surface area contributed by atoms with Crippen molar-refractivity contribution in [3.05, 3.63) is 58.9 Å². The summed E-state index contributed by atoms with van der Waals surface area (Å²) < 4.78 is 40.3. The molecular formula is C21H24ClFN2O3S. The number of hydrogen-bond acceptors (Lipinski definition) is 3. The molecule has 1 aliphatic heterocycles. The molecule has 1 N–H and O–H groups in total. The molecule has 29 heavy (non-hydrogen) atoms. The van der Waals surface area contributed by atoms with Crippen molar-refractivity contribution in [2.45, 2.75) is 38.0 Å². The van der Waals surface area contributed by atoms with Gasteiger partial charge in [0.25, 0.3) is 0 Å². The maximum atomic E-state index is 13.3. The summed E-state index contributed by atoms with van der Waals surface area (Å²) in [5, 5.41) is 2.79. The number of rotatable bonds is 5. The van der Waals surface area contributed by atoms with E-state index < -0.39 is 21.3 Å². The van der Waals surface area contributed by atoms with Crippen molar-refractivity contribution in [2.75, 3.05) is 18.4 Å². The van der Waals surface area contributed by atoms with Gasteiger partial charge >= 0.3 is 0 Å². The van der Waals surface area contributed by atoms with Crippen molar-refractivity contribution < 1.29 is 17.6 Å². The Labute approximate surface area is 175 Å². The fourth-order valence-electron chi connectivity index (χ4n) is 3.38. The van der Waals surface area contributed by atoms with Gasteiger partial charge in [0.05, 0.1) is 5.02 Å². The van der Waals surface area contributed by atoms with Crippen LogP contribution in [-0.4, -0.2) is 31.7 Å². The second kappa shape index (κ2) is 8.42. The Morgan fingerprint density at radius 3 is 2.34 bits per heavy atom. The molecule has 0 bridgehead atoms. The molecule has 2 aromatic carbocycles. The van der Waals surface area contributed by atoms with E-state index in [0.717, 1.165) is 24.2 Å². The van der Waals surface area contributed by atoms with Crippen LogP contribution in [0.3, 0.4) is 0 Å². The van der Waals surface area contributed by atoms with Crippen LogP contribution in [0.1, 0.15) is 32.3 Å². The quantitative estimate of drug-likeness (QED) is 0.748. The predicted molar refractivity (Wildman–Crippen MR) is 112 cm³/mol. The average molecular weight is 439 g/mol. The van der Waals surface area contributed by atoms with Crippen molar-refractivity contribution >= 4 is 33.2 Å². The van der Waals surface area contributed by atoms with E-state index in [1.165, 1.54) is 15.9 Å². The highest BCUT2D eigenvalue weighted by atomic mass is 35.5. The first-order chi connectivity index (χ1) is 13.7. The summed E-state index contributed by atoms with van der Waals surface area (Å²) in [6.45, 7) is 4.29. The highest BCUT2D eigenvalue weighted by molar-refractivity contribution is 7.89. The average Bonchev–Trinajstić information content (AvgIpc) is 2.68. The van der Waals surface area contributed by atoms with Crippen molar-refractivity contribution in [2.24, 2.45) is 5.41 Å². The van der Waals surface area contributed by atoms with Crippen LogP contribution in [-0.2, 0) is 21.2 Å². The van der Waals surface area contributed by atoms with Crippen LogP contribution in [0.4, 0.5) is 10.1 Å². The second-order valence-corrected chi connectivity index (χ2v) is 9.86. The number of aryl methyl sites for hydroxylation is 1. The van der Waals surface area contributed by atoms with Gasteiger partial charge in [-0.05, 0) is 55.2 Å². The molecule has 5 nitrogen and oxygen atoms in total. The third kappa shape index (κ3) is 4.63. The molecule has 0 radical (unpaired) electrons. The number of piperidine rings is 1. The Hall–Kier alpha value is -1.96. The van der Waals surface area contributed by atoms with E-state index in [9.17, 15) is 17.6 Å². The van der Waals surface area contributed by atoms with E-state index in [-0.39, 0.29) is 28.9 Å². The molecule has 0 spiro atoms. The fraction of sp³-hybridized carbons (Fsp3) is 0.381. The molecule has 0 aliphatic carbocycles. The van der Waals surface area contributed by atoms with Crippen LogP contribution < -0.4 is 5.32 Å². The van der Waals surface area contributed by atoms with Crippen LogP contribution in [0.15, 0.2) is 47.4 Å². The smallest absolute Gasteiger partial charge is 0.244 e. The molecule has 1 aliphatic rings. The Balaban J connectivity index is 1.68. The molecule has 0 atom stereocenters. The maximum Gasteiger partial charge on any atom is 0.244 e. The summed E-state index contributed by atoms with van der Waals surface area (Å²) in [5.41, 5.74) is 1.23. The maximum absolute atomic E-state index is 13.3. The SMILES string of the molecule is CCc1ccc(NC(=O)C2(C)CCN(S(=O)(=O)c3ccc(F)cc3Cl)CC2)cc1. The molecule has 3 rings (SSSR count). The lowest BCUT2D eigenvalue weighted by Gasteiger charge is -2.37. The number of halogens is 2. The van der Waals surface area contributed by atoms with Crippen molar-refractivity contribution in [1.29, 1.82) is 0 Å². The minimum Gasteiger partial charge on any atom is -0.326 e. The summed E-state index contributed by atoms with van der Waals surface area (Å²) >= 11 is 5.94. The van der Waals surface area contributed by atoms with E-state index >= 15 is 0 Å². The molecule has 2 aromatic rings. The van der Waals surface area contributed by atoms with E-state index in [1.54, 1.807) is 0 Å². The third-order valence-corrected chi connectivity index (χ3v) is 7.89. The summed E-state index contributed by atoms with van der Waals surface area (Å²) in [5.74, 6) is -0.720. The normalized spacial score (nSPS) is 17.1. The molecule has 1 saturated heterocycles. The summed E-state index contributed by atoms with van der Waals surface area (Å²) in [6, 6.07) is 10.9. The first-order valence-corrected chi connectivity index (χ1v) is 11.3. The van der Waals surface area contributed by atoms with Gasteiger partial charge in [-0.3, -0.25) is 4.79 Å². The summed E-state index contributed by atoms with van der Waals surface area (Å²) in [7, 11) is -3.85. The molecule has 156 valence electrons. The highest BCUT2D eigenvalue weighted by Gasteiger charge is 2.40. The molecule has 1 heterocycles. The third-order valence-electron chi connectivity index (χ3n) is 5.51. The van der Waals surface area contributed by atoms with Crippen LogP contribution in [0.5, 0.6) is 0 Å².